The van der Waals surface area contributed by atoms with E-state index in [1.807, 2.05) is 6.92 Å². The van der Waals surface area contributed by atoms with E-state index in [1.165, 1.54) is 32.1 Å². The van der Waals surface area contributed by atoms with Crippen molar-refractivity contribution in [2.24, 2.45) is 5.41 Å². The molecular weight excluding hydrogens is 226 g/mol. The number of rotatable bonds is 2. The van der Waals surface area contributed by atoms with Crippen LogP contribution >= 0.6 is 0 Å². The van der Waals surface area contributed by atoms with E-state index >= 15 is 0 Å². The summed E-state index contributed by atoms with van der Waals surface area (Å²) in [6.07, 6.45) is 12.6. The van der Waals surface area contributed by atoms with Crippen molar-refractivity contribution in [3.05, 3.63) is 12.2 Å². The van der Waals surface area contributed by atoms with Gasteiger partial charge in [-0.3, -0.25) is 9.69 Å². The van der Waals surface area contributed by atoms with Crippen LogP contribution in [-0.4, -0.2) is 35.1 Å². The zero-order valence-corrected chi connectivity index (χ0v) is 11.4. The molecule has 1 heterocycles. The normalized spacial score (nSPS) is 31.3. The number of hydrogen-bond acceptors (Lipinski definition) is 2. The fourth-order valence-electron chi connectivity index (χ4n) is 3.01. The second kappa shape index (κ2) is 5.87. The Kier molecular flexibility index (Phi) is 4.44. The van der Waals surface area contributed by atoms with Gasteiger partial charge in [0.1, 0.15) is 0 Å². The third-order valence-electron chi connectivity index (χ3n) is 4.62. The van der Waals surface area contributed by atoms with Crippen molar-refractivity contribution in [1.29, 1.82) is 0 Å². The second-order valence-corrected chi connectivity index (χ2v) is 6.04. The Morgan fingerprint density at radius 3 is 2.67 bits per heavy atom. The fourth-order valence-corrected chi connectivity index (χ4v) is 3.01. The molecule has 1 unspecified atom stereocenters. The summed E-state index contributed by atoms with van der Waals surface area (Å²) in [6.45, 7) is 3.75. The standard InChI is InChI=1S/C15H25NO2/c1-15(14(17)18)9-11-16(12-10-15)13-7-5-3-2-4-6-8-13/h5,7,13H,2-4,6,8-12H2,1H3,(H,17,18)/b7-5+. The largest absolute Gasteiger partial charge is 0.481 e. The van der Waals surface area contributed by atoms with E-state index in [2.05, 4.69) is 17.1 Å². The van der Waals surface area contributed by atoms with E-state index < -0.39 is 11.4 Å². The number of hydrogen-bond donors (Lipinski definition) is 1. The molecule has 0 bridgehead atoms. The zero-order chi connectivity index (χ0) is 13.0. The van der Waals surface area contributed by atoms with E-state index in [4.69, 9.17) is 0 Å². The first-order chi connectivity index (χ1) is 8.62. The van der Waals surface area contributed by atoms with Gasteiger partial charge in [-0.2, -0.15) is 0 Å². The van der Waals surface area contributed by atoms with Crippen LogP contribution in [0.3, 0.4) is 0 Å². The van der Waals surface area contributed by atoms with Crippen LogP contribution in [0.4, 0.5) is 0 Å². The number of likely N-dealkylation sites (tertiary alicyclic amines) is 1. The molecule has 2 aliphatic rings. The zero-order valence-electron chi connectivity index (χ0n) is 11.4. The summed E-state index contributed by atoms with van der Waals surface area (Å²) in [5.41, 5.74) is -0.498. The number of carboxylic acid groups (broad SMARTS) is 1. The molecule has 0 aromatic rings. The smallest absolute Gasteiger partial charge is 0.309 e. The maximum atomic E-state index is 11.2. The van der Waals surface area contributed by atoms with Gasteiger partial charge in [-0.1, -0.05) is 25.0 Å². The van der Waals surface area contributed by atoms with Crippen molar-refractivity contribution in [2.45, 2.75) is 57.9 Å². The number of carboxylic acids is 1. The molecule has 1 fully saturated rings. The number of aliphatic carboxylic acids is 1. The van der Waals surface area contributed by atoms with E-state index in [9.17, 15) is 9.90 Å². The van der Waals surface area contributed by atoms with Gasteiger partial charge in [0.05, 0.1) is 5.41 Å². The number of allylic oxidation sites excluding steroid dienone is 1. The molecule has 0 radical (unpaired) electrons. The Morgan fingerprint density at radius 2 is 2.00 bits per heavy atom. The summed E-state index contributed by atoms with van der Waals surface area (Å²) < 4.78 is 0. The van der Waals surface area contributed by atoms with Gasteiger partial charge in [-0.25, -0.2) is 0 Å². The van der Waals surface area contributed by atoms with Crippen molar-refractivity contribution in [2.75, 3.05) is 13.1 Å². The minimum absolute atomic E-state index is 0.498. The first kappa shape index (κ1) is 13.6. The van der Waals surface area contributed by atoms with Crippen LogP contribution in [0.5, 0.6) is 0 Å². The Hall–Kier alpha value is -0.830. The van der Waals surface area contributed by atoms with Gasteiger partial charge >= 0.3 is 5.97 Å². The van der Waals surface area contributed by atoms with Crippen LogP contribution < -0.4 is 0 Å². The lowest BCUT2D eigenvalue weighted by atomic mass is 9.80. The Morgan fingerprint density at radius 1 is 1.28 bits per heavy atom. The minimum atomic E-state index is -0.629. The summed E-state index contributed by atoms with van der Waals surface area (Å²) in [5, 5.41) is 9.24. The molecule has 0 aromatic heterocycles. The molecule has 3 heteroatoms. The van der Waals surface area contributed by atoms with Crippen LogP contribution in [0.15, 0.2) is 12.2 Å². The van der Waals surface area contributed by atoms with Crippen molar-refractivity contribution < 1.29 is 9.90 Å². The van der Waals surface area contributed by atoms with Gasteiger partial charge in [-0.05, 0) is 52.1 Å². The topological polar surface area (TPSA) is 40.5 Å². The number of nitrogens with zero attached hydrogens (tertiary/aromatic N) is 1. The summed E-state index contributed by atoms with van der Waals surface area (Å²) >= 11 is 0. The Balaban J connectivity index is 1.92. The van der Waals surface area contributed by atoms with Gasteiger partial charge < -0.3 is 5.11 Å². The lowest BCUT2D eigenvalue weighted by Gasteiger charge is -2.40. The van der Waals surface area contributed by atoms with Crippen LogP contribution in [0, 0.1) is 5.41 Å². The highest BCUT2D eigenvalue weighted by atomic mass is 16.4. The van der Waals surface area contributed by atoms with Crippen molar-refractivity contribution in [3.8, 4) is 0 Å². The first-order valence-corrected chi connectivity index (χ1v) is 7.26. The quantitative estimate of drug-likeness (QED) is 0.767. The number of piperidine rings is 1. The van der Waals surface area contributed by atoms with Crippen LogP contribution in [-0.2, 0) is 4.79 Å². The molecule has 0 saturated carbocycles. The third-order valence-corrected chi connectivity index (χ3v) is 4.62. The summed E-state index contributed by atoms with van der Waals surface area (Å²) in [6, 6.07) is 0.545. The highest BCUT2D eigenvalue weighted by Gasteiger charge is 2.37. The minimum Gasteiger partial charge on any atom is -0.481 e. The van der Waals surface area contributed by atoms with E-state index in [-0.39, 0.29) is 0 Å². The lowest BCUT2D eigenvalue weighted by molar-refractivity contribution is -0.150. The SMILES string of the molecule is CC1(C(=O)O)CCN(C2/C=C/CCCCC2)CC1. The highest BCUT2D eigenvalue weighted by Crippen LogP contribution is 2.32. The Bertz CT molecular complexity index is 316. The van der Waals surface area contributed by atoms with Crippen LogP contribution in [0.1, 0.15) is 51.9 Å². The molecule has 1 aliphatic heterocycles. The summed E-state index contributed by atoms with van der Waals surface area (Å²) in [5.74, 6) is -0.629. The van der Waals surface area contributed by atoms with Crippen molar-refractivity contribution in [3.63, 3.8) is 0 Å². The first-order valence-electron chi connectivity index (χ1n) is 7.26. The lowest BCUT2D eigenvalue weighted by Crippen LogP contribution is -2.46. The Labute approximate surface area is 110 Å². The van der Waals surface area contributed by atoms with Gasteiger partial charge in [0.25, 0.3) is 0 Å². The van der Waals surface area contributed by atoms with Crippen LogP contribution in [0.2, 0.25) is 0 Å². The van der Waals surface area contributed by atoms with Gasteiger partial charge in [0.15, 0.2) is 0 Å². The molecule has 0 spiro atoms. The summed E-state index contributed by atoms with van der Waals surface area (Å²) in [4.78, 5) is 13.7. The third kappa shape index (κ3) is 3.14. The predicted octanol–water partition coefficient (Wildman–Crippen LogP) is 3.06. The van der Waals surface area contributed by atoms with Gasteiger partial charge in [-0.15, -0.1) is 0 Å². The molecule has 0 amide bonds. The molecule has 1 atom stereocenters. The van der Waals surface area contributed by atoms with E-state index in [1.54, 1.807) is 0 Å². The van der Waals surface area contributed by atoms with Gasteiger partial charge in [0, 0.05) is 6.04 Å². The van der Waals surface area contributed by atoms with E-state index in [0.29, 0.717) is 6.04 Å². The predicted molar refractivity (Wildman–Crippen MR) is 72.6 cm³/mol. The molecular formula is C15H25NO2. The second-order valence-electron chi connectivity index (χ2n) is 6.04. The fraction of sp³-hybridized carbons (Fsp3) is 0.800. The molecule has 1 N–H and O–H groups in total. The summed E-state index contributed by atoms with van der Waals surface area (Å²) in [7, 11) is 0. The molecule has 0 aromatic carbocycles. The molecule has 2 rings (SSSR count). The molecule has 1 saturated heterocycles. The molecule has 102 valence electrons. The monoisotopic (exact) mass is 251 g/mol. The van der Waals surface area contributed by atoms with Crippen molar-refractivity contribution >= 4 is 5.97 Å². The molecule has 18 heavy (non-hydrogen) atoms. The van der Waals surface area contributed by atoms with Gasteiger partial charge in [0.2, 0.25) is 0 Å². The average Bonchev–Trinajstić information content (AvgIpc) is 2.30. The molecule has 3 nitrogen and oxygen atoms in total. The van der Waals surface area contributed by atoms with Crippen molar-refractivity contribution in [1.82, 2.24) is 4.90 Å². The molecule has 1 aliphatic carbocycles. The maximum Gasteiger partial charge on any atom is 0.309 e. The number of carbonyl (C=O) groups is 1. The van der Waals surface area contributed by atoms with E-state index in [0.717, 1.165) is 25.9 Å². The maximum absolute atomic E-state index is 11.2. The average molecular weight is 251 g/mol. The van der Waals surface area contributed by atoms with Crippen LogP contribution in [0.25, 0.3) is 0 Å². The highest BCUT2D eigenvalue weighted by molar-refractivity contribution is 5.74.